The summed E-state index contributed by atoms with van der Waals surface area (Å²) >= 11 is 0. The number of aromatic nitrogens is 2. The first-order chi connectivity index (χ1) is 9.34. The lowest BCUT2D eigenvalue weighted by Gasteiger charge is -2.02. The predicted molar refractivity (Wildman–Crippen MR) is 78.2 cm³/mol. The van der Waals surface area contributed by atoms with Crippen molar-refractivity contribution in [2.24, 2.45) is 0 Å². The Morgan fingerprint density at radius 3 is 2.16 bits per heavy atom. The summed E-state index contributed by atoms with van der Waals surface area (Å²) in [6.45, 7) is 2.24. The van der Waals surface area contributed by atoms with Crippen molar-refractivity contribution in [3.8, 4) is 0 Å². The van der Waals surface area contributed by atoms with Crippen molar-refractivity contribution in [3.05, 3.63) is 24.3 Å². The van der Waals surface area contributed by atoms with Crippen molar-refractivity contribution < 1.29 is 4.79 Å². The van der Waals surface area contributed by atoms with E-state index in [1.54, 1.807) is 18.6 Å². The second kappa shape index (κ2) is 10.7. The molecule has 0 fully saturated rings. The minimum atomic E-state index is 0.121. The Bertz CT molecular complexity index is 338. The van der Waals surface area contributed by atoms with Crippen molar-refractivity contribution in [1.29, 1.82) is 0 Å². The van der Waals surface area contributed by atoms with Gasteiger partial charge < -0.3 is 0 Å². The number of hydrogen-bond acceptors (Lipinski definition) is 3. The van der Waals surface area contributed by atoms with Gasteiger partial charge in [0.05, 0.1) is 6.20 Å². The first-order valence-electron chi connectivity index (χ1n) is 7.63. The third-order valence-corrected chi connectivity index (χ3v) is 3.36. The standard InChI is InChI=1S/C16H26N2O/c1-2-3-4-5-6-7-8-9-10-11-16(19)15-14-17-12-13-18-15/h12-14H,2-11H2,1H3. The molecule has 0 N–H and O–H groups in total. The number of hydrogen-bond donors (Lipinski definition) is 0. The highest BCUT2D eigenvalue weighted by molar-refractivity contribution is 5.93. The van der Waals surface area contributed by atoms with E-state index in [0.29, 0.717) is 12.1 Å². The molecule has 0 atom stereocenters. The number of rotatable bonds is 11. The van der Waals surface area contributed by atoms with Crippen molar-refractivity contribution in [2.45, 2.75) is 71.1 Å². The number of Topliss-reactive ketones (excluding diaryl/α,β-unsaturated/α-hetero) is 1. The van der Waals surface area contributed by atoms with Crippen LogP contribution in [0.5, 0.6) is 0 Å². The van der Waals surface area contributed by atoms with Crippen molar-refractivity contribution >= 4 is 5.78 Å². The van der Waals surface area contributed by atoms with Crippen LogP contribution >= 0.6 is 0 Å². The molecule has 0 aromatic carbocycles. The van der Waals surface area contributed by atoms with Crippen molar-refractivity contribution in [3.63, 3.8) is 0 Å². The van der Waals surface area contributed by atoms with E-state index >= 15 is 0 Å². The molecule has 1 aromatic rings. The van der Waals surface area contributed by atoms with E-state index in [1.165, 1.54) is 44.9 Å². The lowest BCUT2D eigenvalue weighted by atomic mass is 10.0. The normalized spacial score (nSPS) is 10.6. The molecule has 1 aromatic heterocycles. The van der Waals surface area contributed by atoms with Crippen LogP contribution in [0, 0.1) is 0 Å². The highest BCUT2D eigenvalue weighted by Gasteiger charge is 2.06. The van der Waals surface area contributed by atoms with E-state index < -0.39 is 0 Å². The van der Waals surface area contributed by atoms with Crippen LogP contribution < -0.4 is 0 Å². The van der Waals surface area contributed by atoms with Crippen LogP contribution in [0.25, 0.3) is 0 Å². The topological polar surface area (TPSA) is 42.9 Å². The van der Waals surface area contributed by atoms with Gasteiger partial charge in [0.1, 0.15) is 5.69 Å². The van der Waals surface area contributed by atoms with Crippen LogP contribution in [0.3, 0.4) is 0 Å². The fourth-order valence-electron chi connectivity index (χ4n) is 2.17. The third kappa shape index (κ3) is 7.70. The molecule has 0 bridgehead atoms. The highest BCUT2D eigenvalue weighted by atomic mass is 16.1. The summed E-state index contributed by atoms with van der Waals surface area (Å²) in [5.41, 5.74) is 0.502. The molecule has 0 aliphatic heterocycles. The fraction of sp³-hybridized carbons (Fsp3) is 0.688. The molecule has 0 spiro atoms. The lowest BCUT2D eigenvalue weighted by molar-refractivity contribution is 0.0974. The molecule has 106 valence electrons. The molecule has 0 saturated heterocycles. The lowest BCUT2D eigenvalue weighted by Crippen LogP contribution is -2.02. The van der Waals surface area contributed by atoms with Gasteiger partial charge in [-0.1, -0.05) is 58.3 Å². The maximum Gasteiger partial charge on any atom is 0.182 e. The third-order valence-electron chi connectivity index (χ3n) is 3.36. The Hall–Kier alpha value is -1.25. The van der Waals surface area contributed by atoms with E-state index in [-0.39, 0.29) is 5.78 Å². The van der Waals surface area contributed by atoms with Gasteiger partial charge in [0.15, 0.2) is 5.78 Å². The Morgan fingerprint density at radius 2 is 1.58 bits per heavy atom. The largest absolute Gasteiger partial charge is 0.292 e. The minimum Gasteiger partial charge on any atom is -0.292 e. The molecular weight excluding hydrogens is 236 g/mol. The summed E-state index contributed by atoms with van der Waals surface area (Å²) in [5.74, 6) is 0.121. The fourth-order valence-corrected chi connectivity index (χ4v) is 2.17. The van der Waals surface area contributed by atoms with E-state index in [0.717, 1.165) is 12.8 Å². The second-order valence-corrected chi connectivity index (χ2v) is 5.09. The monoisotopic (exact) mass is 262 g/mol. The second-order valence-electron chi connectivity index (χ2n) is 5.09. The summed E-state index contributed by atoms with van der Waals surface area (Å²) in [5, 5.41) is 0. The first kappa shape index (κ1) is 15.8. The summed E-state index contributed by atoms with van der Waals surface area (Å²) < 4.78 is 0. The molecule has 0 unspecified atom stereocenters. The van der Waals surface area contributed by atoms with Gasteiger partial charge in [0.2, 0.25) is 0 Å². The smallest absolute Gasteiger partial charge is 0.182 e. The quantitative estimate of drug-likeness (QED) is 0.433. The zero-order valence-electron chi connectivity index (χ0n) is 12.1. The van der Waals surface area contributed by atoms with Gasteiger partial charge in [-0.05, 0) is 6.42 Å². The summed E-state index contributed by atoms with van der Waals surface area (Å²) in [6.07, 6.45) is 16.8. The van der Waals surface area contributed by atoms with Crippen LogP contribution in [0.4, 0.5) is 0 Å². The van der Waals surface area contributed by atoms with E-state index in [2.05, 4.69) is 16.9 Å². The number of ketones is 1. The average Bonchev–Trinajstić information content (AvgIpc) is 2.46. The van der Waals surface area contributed by atoms with Crippen LogP contribution in [0.2, 0.25) is 0 Å². The molecule has 1 heterocycles. The van der Waals surface area contributed by atoms with Crippen LogP contribution in [-0.4, -0.2) is 15.8 Å². The first-order valence-corrected chi connectivity index (χ1v) is 7.63. The van der Waals surface area contributed by atoms with Crippen LogP contribution in [0.15, 0.2) is 18.6 Å². The molecule has 0 radical (unpaired) electrons. The Morgan fingerprint density at radius 1 is 0.947 bits per heavy atom. The van der Waals surface area contributed by atoms with Crippen LogP contribution in [-0.2, 0) is 0 Å². The van der Waals surface area contributed by atoms with Gasteiger partial charge in [-0.25, -0.2) is 4.98 Å². The van der Waals surface area contributed by atoms with Crippen molar-refractivity contribution in [2.75, 3.05) is 0 Å². The summed E-state index contributed by atoms with van der Waals surface area (Å²) in [4.78, 5) is 19.7. The Balaban J connectivity index is 1.95. The molecular formula is C16H26N2O. The highest BCUT2D eigenvalue weighted by Crippen LogP contribution is 2.11. The van der Waals surface area contributed by atoms with Gasteiger partial charge >= 0.3 is 0 Å². The SMILES string of the molecule is CCCCCCCCCCCC(=O)c1cnccn1. The molecule has 3 nitrogen and oxygen atoms in total. The summed E-state index contributed by atoms with van der Waals surface area (Å²) in [6, 6.07) is 0. The molecule has 3 heteroatoms. The van der Waals surface area contributed by atoms with Gasteiger partial charge in [-0.2, -0.15) is 0 Å². The zero-order valence-corrected chi connectivity index (χ0v) is 12.1. The maximum absolute atomic E-state index is 11.7. The number of carbonyl (C=O) groups excluding carboxylic acids is 1. The van der Waals surface area contributed by atoms with Gasteiger partial charge in [-0.3, -0.25) is 9.78 Å². The van der Waals surface area contributed by atoms with E-state index in [9.17, 15) is 4.79 Å². The molecule has 0 saturated carbocycles. The van der Waals surface area contributed by atoms with Gasteiger partial charge in [-0.15, -0.1) is 0 Å². The average molecular weight is 262 g/mol. The van der Waals surface area contributed by atoms with E-state index in [4.69, 9.17) is 0 Å². The Kier molecular flexibility index (Phi) is 8.86. The molecule has 0 aliphatic rings. The Labute approximate surface area is 116 Å². The number of unbranched alkanes of at least 4 members (excludes halogenated alkanes) is 8. The predicted octanol–water partition coefficient (Wildman–Crippen LogP) is 4.58. The van der Waals surface area contributed by atoms with Gasteiger partial charge in [0.25, 0.3) is 0 Å². The zero-order chi connectivity index (χ0) is 13.8. The van der Waals surface area contributed by atoms with Crippen LogP contribution in [0.1, 0.15) is 81.6 Å². The van der Waals surface area contributed by atoms with E-state index in [1.807, 2.05) is 0 Å². The minimum absolute atomic E-state index is 0.121. The molecule has 19 heavy (non-hydrogen) atoms. The summed E-state index contributed by atoms with van der Waals surface area (Å²) in [7, 11) is 0. The maximum atomic E-state index is 11.7. The van der Waals surface area contributed by atoms with Crippen molar-refractivity contribution in [1.82, 2.24) is 9.97 Å². The molecule has 0 amide bonds. The molecule has 1 rings (SSSR count). The molecule has 0 aliphatic carbocycles. The van der Waals surface area contributed by atoms with Gasteiger partial charge in [0, 0.05) is 18.8 Å². The number of nitrogens with zero attached hydrogens (tertiary/aromatic N) is 2. The number of carbonyl (C=O) groups is 1.